The Kier molecular flexibility index (Phi) is 4.55. The number of nitriles is 1. The Morgan fingerprint density at radius 3 is 2.19 bits per heavy atom. The smallest absolute Gasteiger partial charge is 0.0991 e. The number of unbranched alkanes of at least 4 members (excludes halogenated alkanes) is 1. The topological polar surface area (TPSA) is 23.8 Å². The number of nitrogens with zero attached hydrogens (tertiary/aromatic N) is 1. The molecule has 0 spiro atoms. The van der Waals surface area contributed by atoms with Crippen molar-refractivity contribution in [1.82, 2.24) is 0 Å². The summed E-state index contributed by atoms with van der Waals surface area (Å²) in [4.78, 5) is 0. The Balaban J connectivity index is 2.30. The lowest BCUT2D eigenvalue weighted by atomic mass is 9.89. The monoisotopic (exact) mass is 215 g/mol. The Labute approximate surface area is 99.1 Å². The predicted octanol–water partition coefficient (Wildman–Crippen LogP) is 4.32. The van der Waals surface area contributed by atoms with E-state index in [1.807, 2.05) is 12.1 Å². The Hall–Kier alpha value is -1.29. The Morgan fingerprint density at radius 2 is 1.69 bits per heavy atom. The van der Waals surface area contributed by atoms with E-state index in [0.717, 1.165) is 12.0 Å². The second-order valence-electron chi connectivity index (χ2n) is 5.58. The molecule has 1 heteroatoms. The van der Waals surface area contributed by atoms with Crippen molar-refractivity contribution in [3.8, 4) is 6.07 Å². The number of rotatable bonds is 4. The third kappa shape index (κ3) is 4.98. The summed E-state index contributed by atoms with van der Waals surface area (Å²) in [7, 11) is 0. The SMILES string of the molecule is CC(C)(C)CCCCc1ccc(C#N)cc1. The predicted molar refractivity (Wildman–Crippen MR) is 68.2 cm³/mol. The summed E-state index contributed by atoms with van der Waals surface area (Å²) in [5.41, 5.74) is 2.54. The van der Waals surface area contributed by atoms with Gasteiger partial charge in [0.25, 0.3) is 0 Å². The number of hydrogen-bond acceptors (Lipinski definition) is 1. The van der Waals surface area contributed by atoms with E-state index < -0.39 is 0 Å². The van der Waals surface area contributed by atoms with E-state index in [2.05, 4.69) is 39.0 Å². The highest BCUT2D eigenvalue weighted by atomic mass is 14.2. The first-order chi connectivity index (χ1) is 7.51. The Bertz CT molecular complexity index is 349. The summed E-state index contributed by atoms with van der Waals surface area (Å²) < 4.78 is 0. The molecule has 0 bridgehead atoms. The minimum Gasteiger partial charge on any atom is -0.192 e. The van der Waals surface area contributed by atoms with E-state index in [1.54, 1.807) is 0 Å². The molecule has 1 aromatic rings. The molecule has 1 aromatic carbocycles. The molecule has 0 radical (unpaired) electrons. The van der Waals surface area contributed by atoms with Crippen LogP contribution < -0.4 is 0 Å². The lowest BCUT2D eigenvalue weighted by Crippen LogP contribution is -2.04. The van der Waals surface area contributed by atoms with Gasteiger partial charge in [0.2, 0.25) is 0 Å². The zero-order valence-electron chi connectivity index (χ0n) is 10.6. The number of aryl methyl sites for hydroxylation is 1. The second kappa shape index (κ2) is 5.70. The quantitative estimate of drug-likeness (QED) is 0.686. The van der Waals surface area contributed by atoms with Crippen LogP contribution in [0.15, 0.2) is 24.3 Å². The minimum atomic E-state index is 0.449. The third-order valence-corrected chi connectivity index (χ3v) is 2.73. The van der Waals surface area contributed by atoms with Crippen LogP contribution in [0.25, 0.3) is 0 Å². The van der Waals surface area contributed by atoms with Gasteiger partial charge in [0.1, 0.15) is 0 Å². The maximum absolute atomic E-state index is 8.68. The van der Waals surface area contributed by atoms with Crippen molar-refractivity contribution in [3.63, 3.8) is 0 Å². The molecule has 0 saturated heterocycles. The van der Waals surface area contributed by atoms with Crippen LogP contribution in [-0.4, -0.2) is 0 Å². The van der Waals surface area contributed by atoms with Gasteiger partial charge in [-0.3, -0.25) is 0 Å². The zero-order valence-corrected chi connectivity index (χ0v) is 10.6. The molecule has 1 rings (SSSR count). The molecule has 16 heavy (non-hydrogen) atoms. The highest BCUT2D eigenvalue weighted by Crippen LogP contribution is 2.22. The molecule has 0 aromatic heterocycles. The van der Waals surface area contributed by atoms with Gasteiger partial charge in [0, 0.05) is 0 Å². The van der Waals surface area contributed by atoms with Crippen molar-refractivity contribution in [2.75, 3.05) is 0 Å². The molecule has 0 heterocycles. The molecule has 0 N–H and O–H groups in total. The van der Waals surface area contributed by atoms with Gasteiger partial charge in [0.15, 0.2) is 0 Å². The summed E-state index contributed by atoms with van der Waals surface area (Å²) in [6, 6.07) is 10.1. The van der Waals surface area contributed by atoms with Crippen molar-refractivity contribution in [2.24, 2.45) is 5.41 Å². The molecule has 0 amide bonds. The molecular weight excluding hydrogens is 194 g/mol. The van der Waals surface area contributed by atoms with E-state index >= 15 is 0 Å². The third-order valence-electron chi connectivity index (χ3n) is 2.73. The maximum Gasteiger partial charge on any atom is 0.0991 e. The van der Waals surface area contributed by atoms with Crippen LogP contribution in [0.2, 0.25) is 0 Å². The van der Waals surface area contributed by atoms with Gasteiger partial charge in [-0.15, -0.1) is 0 Å². The largest absolute Gasteiger partial charge is 0.192 e. The molecule has 0 atom stereocenters. The van der Waals surface area contributed by atoms with E-state index in [0.29, 0.717) is 5.41 Å². The summed E-state index contributed by atoms with van der Waals surface area (Å²) in [5.74, 6) is 0. The van der Waals surface area contributed by atoms with Gasteiger partial charge in [-0.05, 0) is 42.4 Å². The molecular formula is C15H21N. The zero-order chi connectivity index (χ0) is 12.0. The van der Waals surface area contributed by atoms with Gasteiger partial charge in [0.05, 0.1) is 11.6 Å². The fraction of sp³-hybridized carbons (Fsp3) is 0.533. The first-order valence-electron chi connectivity index (χ1n) is 6.00. The maximum atomic E-state index is 8.68. The summed E-state index contributed by atoms with van der Waals surface area (Å²) in [6.07, 6.45) is 4.93. The molecule has 86 valence electrons. The molecule has 0 fully saturated rings. The van der Waals surface area contributed by atoms with Crippen LogP contribution in [0.5, 0.6) is 0 Å². The van der Waals surface area contributed by atoms with Gasteiger partial charge < -0.3 is 0 Å². The highest BCUT2D eigenvalue weighted by Gasteiger charge is 2.08. The van der Waals surface area contributed by atoms with Crippen molar-refractivity contribution in [2.45, 2.75) is 46.5 Å². The lowest BCUT2D eigenvalue weighted by Gasteiger charge is -2.17. The van der Waals surface area contributed by atoms with E-state index in [4.69, 9.17) is 5.26 Å². The first kappa shape index (κ1) is 12.8. The van der Waals surface area contributed by atoms with Crippen LogP contribution >= 0.6 is 0 Å². The fourth-order valence-electron chi connectivity index (χ4n) is 1.73. The Morgan fingerprint density at radius 1 is 1.06 bits per heavy atom. The van der Waals surface area contributed by atoms with Crippen molar-refractivity contribution in [3.05, 3.63) is 35.4 Å². The molecule has 1 nitrogen and oxygen atoms in total. The average Bonchev–Trinajstić information content (AvgIpc) is 2.24. The second-order valence-corrected chi connectivity index (χ2v) is 5.58. The van der Waals surface area contributed by atoms with Crippen molar-refractivity contribution < 1.29 is 0 Å². The standard InChI is InChI=1S/C15H21N/c1-15(2,3)11-5-4-6-13-7-9-14(12-16)10-8-13/h7-10H,4-6,11H2,1-3H3. The molecule has 0 aliphatic carbocycles. The van der Waals surface area contributed by atoms with Crippen LogP contribution in [-0.2, 0) is 6.42 Å². The molecule has 0 aliphatic rings. The molecule has 0 unspecified atom stereocenters. The van der Waals surface area contributed by atoms with Gasteiger partial charge in [-0.1, -0.05) is 39.3 Å². The van der Waals surface area contributed by atoms with Crippen molar-refractivity contribution >= 4 is 0 Å². The van der Waals surface area contributed by atoms with Crippen LogP contribution in [0, 0.1) is 16.7 Å². The van der Waals surface area contributed by atoms with Crippen LogP contribution in [0.1, 0.15) is 51.2 Å². The van der Waals surface area contributed by atoms with Crippen molar-refractivity contribution in [1.29, 1.82) is 5.26 Å². The lowest BCUT2D eigenvalue weighted by molar-refractivity contribution is 0.360. The minimum absolute atomic E-state index is 0.449. The van der Waals surface area contributed by atoms with E-state index in [-0.39, 0.29) is 0 Å². The highest BCUT2D eigenvalue weighted by molar-refractivity contribution is 5.31. The van der Waals surface area contributed by atoms with Gasteiger partial charge in [-0.2, -0.15) is 5.26 Å². The fourth-order valence-corrected chi connectivity index (χ4v) is 1.73. The first-order valence-corrected chi connectivity index (χ1v) is 6.00. The molecule has 0 saturated carbocycles. The summed E-state index contributed by atoms with van der Waals surface area (Å²) in [6.45, 7) is 6.86. The average molecular weight is 215 g/mol. The van der Waals surface area contributed by atoms with Crippen LogP contribution in [0.4, 0.5) is 0 Å². The van der Waals surface area contributed by atoms with Gasteiger partial charge >= 0.3 is 0 Å². The van der Waals surface area contributed by atoms with E-state index in [9.17, 15) is 0 Å². The van der Waals surface area contributed by atoms with Crippen LogP contribution in [0.3, 0.4) is 0 Å². The normalized spacial score (nSPS) is 11.1. The molecule has 0 aliphatic heterocycles. The summed E-state index contributed by atoms with van der Waals surface area (Å²) >= 11 is 0. The van der Waals surface area contributed by atoms with Gasteiger partial charge in [-0.25, -0.2) is 0 Å². The summed E-state index contributed by atoms with van der Waals surface area (Å²) in [5, 5.41) is 8.68. The number of benzene rings is 1. The number of hydrogen-bond donors (Lipinski definition) is 0. The van der Waals surface area contributed by atoms with E-state index in [1.165, 1.54) is 24.8 Å².